The molecule has 0 spiro atoms. The van der Waals surface area contributed by atoms with Crippen molar-refractivity contribution in [3.63, 3.8) is 0 Å². The third-order valence-electron chi connectivity index (χ3n) is 2.62. The monoisotopic (exact) mass is 252 g/mol. The number of carbonyl (C=O) groups excluding carboxylic acids is 1. The highest BCUT2D eigenvalue weighted by Gasteiger charge is 2.25. The number of hydrogen-bond donors (Lipinski definition) is 0. The van der Waals surface area contributed by atoms with Gasteiger partial charge in [-0.3, -0.25) is 4.79 Å². The first-order chi connectivity index (χ1) is 7.86. The van der Waals surface area contributed by atoms with Crippen molar-refractivity contribution in [3.8, 4) is 0 Å². The molecule has 0 radical (unpaired) electrons. The van der Waals surface area contributed by atoms with E-state index in [1.807, 2.05) is 39.0 Å². The second-order valence-corrected chi connectivity index (χ2v) is 6.12. The van der Waals surface area contributed by atoms with Gasteiger partial charge >= 0.3 is 0 Å². The van der Waals surface area contributed by atoms with Crippen LogP contribution in [-0.2, 0) is 9.53 Å². The highest BCUT2D eigenvalue weighted by Crippen LogP contribution is 2.33. The molecule has 2 nitrogen and oxygen atoms in total. The zero-order valence-electron chi connectivity index (χ0n) is 10.9. The molecule has 1 aliphatic rings. The quantitative estimate of drug-likeness (QED) is 0.438. The Labute approximate surface area is 106 Å². The Morgan fingerprint density at radius 2 is 2.12 bits per heavy atom. The summed E-state index contributed by atoms with van der Waals surface area (Å²) in [6.45, 7) is 8.02. The number of carbonyl (C=O) groups is 1. The summed E-state index contributed by atoms with van der Waals surface area (Å²) in [6.07, 6.45) is 9.02. The first-order valence-electron chi connectivity index (χ1n) is 5.90. The van der Waals surface area contributed by atoms with E-state index in [0.717, 1.165) is 6.29 Å². The number of hydrogen-bond acceptors (Lipinski definition) is 2. The van der Waals surface area contributed by atoms with Gasteiger partial charge in [0.15, 0.2) is 6.29 Å². The van der Waals surface area contributed by atoms with Crippen LogP contribution < -0.4 is 0 Å². The van der Waals surface area contributed by atoms with Crippen molar-refractivity contribution in [3.05, 3.63) is 35.6 Å². The Morgan fingerprint density at radius 1 is 1.47 bits per heavy atom. The molecule has 3 heteroatoms. The topological polar surface area (TPSA) is 26.3 Å². The zero-order chi connectivity index (χ0) is 13.1. The van der Waals surface area contributed by atoms with Gasteiger partial charge in [0.25, 0.3) is 0 Å². The molecule has 17 heavy (non-hydrogen) atoms. The molecule has 0 aromatic heterocycles. The molecular formula is C14H21O2P. The zero-order valence-corrected chi connectivity index (χ0v) is 12.1. The Bertz CT molecular complexity index is 376. The van der Waals surface area contributed by atoms with Crippen LogP contribution in [0, 0.1) is 5.92 Å². The van der Waals surface area contributed by atoms with Crippen LogP contribution in [0.5, 0.6) is 0 Å². The normalized spacial score (nSPS) is 37.2. The predicted octanol–water partition coefficient (Wildman–Crippen LogP) is 3.26. The Morgan fingerprint density at radius 3 is 2.65 bits per heavy atom. The lowest BCUT2D eigenvalue weighted by Gasteiger charge is -2.25. The maximum atomic E-state index is 11.3. The number of aldehydes is 1. The van der Waals surface area contributed by atoms with Crippen molar-refractivity contribution in [2.24, 2.45) is 5.92 Å². The number of allylic oxidation sites excluding steroid dienone is 5. The summed E-state index contributed by atoms with van der Waals surface area (Å²) in [7, 11) is 2.72. The first kappa shape index (κ1) is 14.2. The van der Waals surface area contributed by atoms with Gasteiger partial charge < -0.3 is 4.74 Å². The van der Waals surface area contributed by atoms with Crippen molar-refractivity contribution in [2.75, 3.05) is 0 Å². The highest BCUT2D eigenvalue weighted by molar-refractivity contribution is 7.20. The maximum absolute atomic E-state index is 11.3. The second-order valence-electron chi connectivity index (χ2n) is 4.92. The largest absolute Gasteiger partial charge is 0.491 e. The molecule has 0 aliphatic heterocycles. The Kier molecular flexibility index (Phi) is 4.70. The van der Waals surface area contributed by atoms with Crippen molar-refractivity contribution in [1.82, 2.24) is 0 Å². The van der Waals surface area contributed by atoms with E-state index in [4.69, 9.17) is 4.74 Å². The summed E-state index contributed by atoms with van der Waals surface area (Å²) in [5.74, 6) is 1.01. The fraction of sp³-hybridized carbons (Fsp3) is 0.500. The summed E-state index contributed by atoms with van der Waals surface area (Å²) in [6, 6.07) is 0. The van der Waals surface area contributed by atoms with E-state index in [1.165, 1.54) is 0 Å². The van der Waals surface area contributed by atoms with Crippen LogP contribution in [0.2, 0.25) is 0 Å². The number of rotatable bonds is 3. The molecule has 94 valence electrons. The summed E-state index contributed by atoms with van der Waals surface area (Å²) >= 11 is 0. The number of ether oxygens (including phenoxy) is 1. The smallest absolute Gasteiger partial charge is 0.150 e. The molecule has 0 aromatic carbocycles. The molecule has 0 fully saturated rings. The molecule has 1 aliphatic carbocycles. The average molecular weight is 252 g/mol. The van der Waals surface area contributed by atoms with Crippen molar-refractivity contribution in [2.45, 2.75) is 39.0 Å². The Hall–Kier alpha value is -0.880. The maximum Gasteiger partial charge on any atom is 0.150 e. The van der Waals surface area contributed by atoms with E-state index < -0.39 is 0 Å². The SMILES string of the molecule is CC1/C=C\C(OC(C)C)=C(\C=O)C(C)(P)/C=C\1. The van der Waals surface area contributed by atoms with Gasteiger partial charge in [-0.05, 0) is 32.8 Å². The molecular weight excluding hydrogens is 231 g/mol. The summed E-state index contributed by atoms with van der Waals surface area (Å²) in [5, 5.41) is -0.370. The molecule has 0 bridgehead atoms. The lowest BCUT2D eigenvalue weighted by Crippen LogP contribution is -2.21. The van der Waals surface area contributed by atoms with Crippen molar-refractivity contribution < 1.29 is 9.53 Å². The van der Waals surface area contributed by atoms with E-state index >= 15 is 0 Å². The van der Waals surface area contributed by atoms with E-state index in [2.05, 4.69) is 22.2 Å². The third-order valence-corrected chi connectivity index (χ3v) is 3.13. The van der Waals surface area contributed by atoms with E-state index in [-0.39, 0.29) is 11.3 Å². The van der Waals surface area contributed by atoms with E-state index in [9.17, 15) is 4.79 Å². The van der Waals surface area contributed by atoms with Gasteiger partial charge in [-0.1, -0.05) is 25.2 Å². The summed E-state index contributed by atoms with van der Waals surface area (Å²) in [4.78, 5) is 11.3. The molecule has 0 N–H and O–H groups in total. The summed E-state index contributed by atoms with van der Waals surface area (Å²) < 4.78 is 5.73. The molecule has 1 rings (SSSR count). The van der Waals surface area contributed by atoms with Gasteiger partial charge in [0, 0.05) is 10.7 Å². The van der Waals surface area contributed by atoms with E-state index in [1.54, 1.807) is 0 Å². The van der Waals surface area contributed by atoms with Crippen molar-refractivity contribution >= 4 is 15.5 Å². The molecule has 0 saturated carbocycles. The minimum atomic E-state index is -0.370. The third kappa shape index (κ3) is 3.81. The van der Waals surface area contributed by atoms with Crippen molar-refractivity contribution in [1.29, 1.82) is 0 Å². The summed E-state index contributed by atoms with van der Waals surface area (Å²) in [5.41, 5.74) is 0.663. The fourth-order valence-electron chi connectivity index (χ4n) is 1.64. The van der Waals surface area contributed by atoms with Crippen LogP contribution in [0.4, 0.5) is 0 Å². The van der Waals surface area contributed by atoms with Crippen LogP contribution in [0.25, 0.3) is 0 Å². The van der Waals surface area contributed by atoms with Crippen LogP contribution >= 0.6 is 9.24 Å². The molecule has 0 saturated heterocycles. The lowest BCUT2D eigenvalue weighted by molar-refractivity contribution is -0.105. The van der Waals surface area contributed by atoms with Gasteiger partial charge in [0.1, 0.15) is 5.76 Å². The van der Waals surface area contributed by atoms with Crippen LogP contribution in [-0.4, -0.2) is 17.5 Å². The predicted molar refractivity (Wildman–Crippen MR) is 74.9 cm³/mol. The van der Waals surface area contributed by atoms with E-state index in [0.29, 0.717) is 17.3 Å². The minimum absolute atomic E-state index is 0.0594. The minimum Gasteiger partial charge on any atom is -0.491 e. The molecule has 0 heterocycles. The molecule has 0 amide bonds. The van der Waals surface area contributed by atoms with Gasteiger partial charge in [-0.25, -0.2) is 0 Å². The van der Waals surface area contributed by atoms with Gasteiger partial charge in [-0.2, -0.15) is 0 Å². The average Bonchev–Trinajstić information content (AvgIpc) is 2.21. The van der Waals surface area contributed by atoms with Crippen LogP contribution in [0.1, 0.15) is 27.7 Å². The first-order valence-corrected chi connectivity index (χ1v) is 6.47. The molecule has 0 aromatic rings. The lowest BCUT2D eigenvalue weighted by atomic mass is 9.94. The molecule has 3 unspecified atom stereocenters. The van der Waals surface area contributed by atoms with Gasteiger partial charge in [0.2, 0.25) is 0 Å². The van der Waals surface area contributed by atoms with Crippen LogP contribution in [0.3, 0.4) is 0 Å². The second kappa shape index (κ2) is 5.64. The Balaban J connectivity index is 3.26. The van der Waals surface area contributed by atoms with Crippen LogP contribution in [0.15, 0.2) is 35.6 Å². The standard InChI is InChI=1S/C14H21O2P/c1-10(2)16-13-6-5-11(3)7-8-14(4,17)12(13)9-15/h5-11H,17H2,1-4H3/b6-5-,8-7-,13-12+. The van der Waals surface area contributed by atoms with Gasteiger partial charge in [0.05, 0.1) is 6.10 Å². The fourth-order valence-corrected chi connectivity index (χ4v) is 1.96. The molecule has 3 atom stereocenters. The highest BCUT2D eigenvalue weighted by atomic mass is 31.0. The van der Waals surface area contributed by atoms with Gasteiger partial charge in [-0.15, -0.1) is 9.24 Å².